The van der Waals surface area contributed by atoms with E-state index in [1.165, 1.54) is 25.7 Å². The van der Waals surface area contributed by atoms with E-state index >= 15 is 0 Å². The smallest absolute Gasteiger partial charge is 0.338 e. The normalized spacial score (nSPS) is 19.3. The predicted octanol–water partition coefficient (Wildman–Crippen LogP) is 4.25. The summed E-state index contributed by atoms with van der Waals surface area (Å²) in [7, 11) is 3.57. The zero-order valence-electron chi connectivity index (χ0n) is 17.3. The molecule has 1 heterocycles. The number of benzene rings is 2. The van der Waals surface area contributed by atoms with Crippen LogP contribution < -0.4 is 5.32 Å². The number of nitrogens with one attached hydrogen (secondary N) is 1. The number of nitrogens with zero attached hydrogens (tertiary/aromatic N) is 1. The number of rotatable bonds is 8. The number of carbonyl (C=O) groups excluding carboxylic acids is 1. The number of hydrogen-bond donors (Lipinski definition) is 1. The predicted molar refractivity (Wildman–Crippen MR) is 118 cm³/mol. The number of likely N-dealkylation sites (N-methyl/N-ethyl adjacent to an activating group) is 1. The lowest BCUT2D eigenvalue weighted by atomic mass is 9.99. The molecule has 6 heteroatoms. The van der Waals surface area contributed by atoms with Crippen LogP contribution in [0.2, 0.25) is 0 Å². The molecule has 2 unspecified atom stereocenters. The molecule has 29 heavy (non-hydrogen) atoms. The van der Waals surface area contributed by atoms with Crippen molar-refractivity contribution in [3.63, 3.8) is 0 Å². The molecule has 0 aliphatic carbocycles. The highest BCUT2D eigenvalue weighted by molar-refractivity contribution is 7.99. The van der Waals surface area contributed by atoms with Gasteiger partial charge in [0, 0.05) is 30.1 Å². The highest BCUT2D eigenvalue weighted by Gasteiger charge is 2.28. The molecule has 1 aliphatic heterocycles. The quantitative estimate of drug-likeness (QED) is 0.652. The summed E-state index contributed by atoms with van der Waals surface area (Å²) in [5.74, 6) is -0.570. The summed E-state index contributed by atoms with van der Waals surface area (Å²) in [6.07, 6.45) is 4.77. The molecule has 1 N–H and O–H groups in total. The molecule has 1 saturated heterocycles. The zero-order chi connectivity index (χ0) is 20.8. The highest BCUT2D eigenvalue weighted by Crippen LogP contribution is 2.25. The van der Waals surface area contributed by atoms with E-state index in [4.69, 9.17) is 4.74 Å². The van der Waals surface area contributed by atoms with Crippen LogP contribution in [0.25, 0.3) is 0 Å². The topological polar surface area (TPSA) is 41.6 Å². The number of likely N-dealkylation sites (tertiary alicyclic amines) is 1. The fraction of sp³-hybridized carbons (Fsp3) is 0.435. The Morgan fingerprint density at radius 2 is 2.00 bits per heavy atom. The van der Waals surface area contributed by atoms with Gasteiger partial charge in [-0.1, -0.05) is 18.2 Å². The molecule has 1 fully saturated rings. The zero-order valence-corrected chi connectivity index (χ0v) is 18.1. The van der Waals surface area contributed by atoms with E-state index in [9.17, 15) is 9.18 Å². The Morgan fingerprint density at radius 3 is 2.66 bits per heavy atom. The largest absolute Gasteiger partial charge is 0.465 e. The first-order chi connectivity index (χ1) is 14.0. The summed E-state index contributed by atoms with van der Waals surface area (Å²) in [5.41, 5.74) is 3.49. The Hall–Kier alpha value is -2.05. The third-order valence-electron chi connectivity index (χ3n) is 5.64. The van der Waals surface area contributed by atoms with Crippen LogP contribution in [-0.2, 0) is 17.6 Å². The number of thioether (sulfide) groups is 1. The second-order valence-electron chi connectivity index (χ2n) is 7.56. The summed E-state index contributed by atoms with van der Waals surface area (Å²) >= 11 is 1.93. The molecule has 3 rings (SSSR count). The lowest BCUT2D eigenvalue weighted by Crippen LogP contribution is -2.31. The van der Waals surface area contributed by atoms with E-state index in [2.05, 4.69) is 23.5 Å². The molecular formula is C23H29FN2O2S. The summed E-state index contributed by atoms with van der Waals surface area (Å²) in [5, 5.41) is 4.17. The van der Waals surface area contributed by atoms with Crippen molar-refractivity contribution in [3.8, 4) is 0 Å². The van der Waals surface area contributed by atoms with Crippen molar-refractivity contribution in [1.29, 1.82) is 0 Å². The van der Waals surface area contributed by atoms with Crippen LogP contribution in [0.5, 0.6) is 0 Å². The van der Waals surface area contributed by atoms with E-state index in [1.54, 1.807) is 12.1 Å². The van der Waals surface area contributed by atoms with Crippen molar-refractivity contribution in [2.75, 3.05) is 38.8 Å². The van der Waals surface area contributed by atoms with Gasteiger partial charge in [-0.3, -0.25) is 0 Å². The van der Waals surface area contributed by atoms with Crippen molar-refractivity contribution in [1.82, 2.24) is 4.90 Å². The molecule has 1 aliphatic rings. The van der Waals surface area contributed by atoms with Crippen molar-refractivity contribution < 1.29 is 13.9 Å². The number of carbonyl (C=O) groups is 1. The summed E-state index contributed by atoms with van der Waals surface area (Å²) in [6, 6.07) is 12.9. The van der Waals surface area contributed by atoms with Crippen LogP contribution in [-0.4, -0.2) is 55.7 Å². The Labute approximate surface area is 176 Å². The van der Waals surface area contributed by atoms with Crippen molar-refractivity contribution in [3.05, 3.63) is 65.0 Å². The van der Waals surface area contributed by atoms with E-state index in [0.29, 0.717) is 23.3 Å². The number of hydrogen-bond acceptors (Lipinski definition) is 5. The van der Waals surface area contributed by atoms with Crippen molar-refractivity contribution in [2.24, 2.45) is 0 Å². The fourth-order valence-electron chi connectivity index (χ4n) is 3.81. The Balaban J connectivity index is 1.67. The van der Waals surface area contributed by atoms with Crippen molar-refractivity contribution in [2.45, 2.75) is 30.6 Å². The molecule has 0 radical (unpaired) electrons. The molecular weight excluding hydrogens is 387 g/mol. The van der Waals surface area contributed by atoms with E-state index < -0.39 is 0 Å². The molecule has 0 amide bonds. The average molecular weight is 417 g/mol. The van der Waals surface area contributed by atoms with Gasteiger partial charge < -0.3 is 15.0 Å². The average Bonchev–Trinajstić information content (AvgIpc) is 3.11. The first-order valence-electron chi connectivity index (χ1n) is 9.92. The van der Waals surface area contributed by atoms with Gasteiger partial charge in [-0.15, -0.1) is 0 Å². The molecule has 0 saturated carbocycles. The fourth-order valence-corrected chi connectivity index (χ4v) is 4.61. The number of methoxy groups -OCH3 is 1. The minimum Gasteiger partial charge on any atom is -0.465 e. The van der Waals surface area contributed by atoms with Gasteiger partial charge in [0.25, 0.3) is 0 Å². The molecule has 4 nitrogen and oxygen atoms in total. The molecule has 0 bridgehead atoms. The van der Waals surface area contributed by atoms with Crippen LogP contribution in [0, 0.1) is 5.82 Å². The molecule has 2 atom stereocenters. The Bertz CT molecular complexity index is 828. The number of anilines is 1. The van der Waals surface area contributed by atoms with Crippen LogP contribution >= 0.6 is 11.8 Å². The first kappa shape index (κ1) is 21.7. The summed E-state index contributed by atoms with van der Waals surface area (Å²) in [4.78, 5) is 14.7. The van der Waals surface area contributed by atoms with Crippen molar-refractivity contribution >= 4 is 23.4 Å². The standard InChI is InChI=1S/C23H29FN2O2S/c1-26-15-21(29-3)13-20(26)14-25-19-11-8-17(22(12-19)23(27)28-2)7-4-16-5-9-18(24)10-6-16/h5-6,8-12,20-21,25H,4,7,13-15H2,1-3H3. The van der Waals surface area contributed by atoms with Gasteiger partial charge in [0.15, 0.2) is 0 Å². The van der Waals surface area contributed by atoms with E-state index in [-0.39, 0.29) is 11.8 Å². The maximum Gasteiger partial charge on any atom is 0.338 e. The van der Waals surface area contributed by atoms with E-state index in [0.717, 1.165) is 36.3 Å². The number of ether oxygens (including phenoxy) is 1. The van der Waals surface area contributed by atoms with Crippen LogP contribution in [0.4, 0.5) is 10.1 Å². The van der Waals surface area contributed by atoms with Gasteiger partial charge in [0.2, 0.25) is 0 Å². The van der Waals surface area contributed by atoms with Gasteiger partial charge >= 0.3 is 5.97 Å². The van der Waals surface area contributed by atoms with Gasteiger partial charge in [-0.05, 0) is 68.0 Å². The summed E-state index contributed by atoms with van der Waals surface area (Å²) < 4.78 is 18.1. The third kappa shape index (κ3) is 5.73. The van der Waals surface area contributed by atoms with E-state index in [1.807, 2.05) is 30.0 Å². The van der Waals surface area contributed by atoms with Gasteiger partial charge in [-0.2, -0.15) is 11.8 Å². The van der Waals surface area contributed by atoms with Crippen LogP contribution in [0.1, 0.15) is 27.9 Å². The molecule has 0 aromatic heterocycles. The second-order valence-corrected chi connectivity index (χ2v) is 8.70. The van der Waals surface area contributed by atoms with Gasteiger partial charge in [-0.25, -0.2) is 9.18 Å². The second kappa shape index (κ2) is 10.1. The first-order valence-corrected chi connectivity index (χ1v) is 11.2. The molecule has 2 aromatic carbocycles. The SMILES string of the molecule is COC(=O)c1cc(NCC2CC(SC)CN2C)ccc1CCc1ccc(F)cc1. The lowest BCUT2D eigenvalue weighted by molar-refractivity contribution is 0.0599. The third-order valence-corrected chi connectivity index (χ3v) is 6.64. The maximum absolute atomic E-state index is 13.1. The lowest BCUT2D eigenvalue weighted by Gasteiger charge is -2.20. The minimum absolute atomic E-state index is 0.240. The molecule has 156 valence electrons. The van der Waals surface area contributed by atoms with Crippen LogP contribution in [0.15, 0.2) is 42.5 Å². The monoisotopic (exact) mass is 416 g/mol. The number of halogens is 1. The minimum atomic E-state index is -0.330. The van der Waals surface area contributed by atoms with Gasteiger partial charge in [0.1, 0.15) is 5.82 Å². The van der Waals surface area contributed by atoms with Gasteiger partial charge in [0.05, 0.1) is 12.7 Å². The number of aryl methyl sites for hydroxylation is 2. The Kier molecular flexibility index (Phi) is 7.56. The Morgan fingerprint density at radius 1 is 1.24 bits per heavy atom. The highest BCUT2D eigenvalue weighted by atomic mass is 32.2. The molecule has 2 aromatic rings. The summed E-state index contributed by atoms with van der Waals surface area (Å²) in [6.45, 7) is 1.96. The number of esters is 1. The maximum atomic E-state index is 13.1. The molecule has 0 spiro atoms. The van der Waals surface area contributed by atoms with Crippen LogP contribution in [0.3, 0.4) is 0 Å².